The molecule has 0 bridgehead atoms. The highest BCUT2D eigenvalue weighted by molar-refractivity contribution is 5.96. The second kappa shape index (κ2) is 8.70. The van der Waals surface area contributed by atoms with Crippen LogP contribution in [0.15, 0.2) is 12.3 Å². The molecule has 0 aliphatic heterocycles. The average Bonchev–Trinajstić information content (AvgIpc) is 2.52. The molecule has 1 N–H and O–H groups in total. The summed E-state index contributed by atoms with van der Waals surface area (Å²) in [6.45, 7) is 9.12. The molecule has 1 atom stereocenters. The van der Waals surface area contributed by atoms with Gasteiger partial charge in [-0.15, -0.1) is 0 Å². The summed E-state index contributed by atoms with van der Waals surface area (Å²) in [6.07, 6.45) is 2.16. The van der Waals surface area contributed by atoms with Crippen molar-refractivity contribution in [2.45, 2.75) is 39.7 Å². The van der Waals surface area contributed by atoms with Crippen LogP contribution in [0.1, 0.15) is 32.8 Å². The second-order valence-electron chi connectivity index (χ2n) is 5.13. The predicted molar refractivity (Wildman–Crippen MR) is 85.3 cm³/mol. The first kappa shape index (κ1) is 18.4. The molecule has 124 valence electrons. The Kier molecular flexibility index (Phi) is 7.27. The van der Waals surface area contributed by atoms with Crippen LogP contribution < -0.4 is 10.1 Å². The lowest BCUT2D eigenvalue weighted by Gasteiger charge is -2.25. The molecule has 0 spiro atoms. The van der Waals surface area contributed by atoms with Gasteiger partial charge >= 0.3 is 0 Å². The van der Waals surface area contributed by atoms with Crippen LogP contribution in [0.4, 0.5) is 5.69 Å². The highest BCUT2D eigenvalue weighted by atomic mass is 16.5. The lowest BCUT2D eigenvalue weighted by molar-refractivity contribution is -0.136. The Morgan fingerprint density at radius 3 is 2.64 bits per heavy atom. The fourth-order valence-electron chi connectivity index (χ4n) is 1.78. The Hall–Kier alpha value is -1.66. The number of methoxy groups -OCH3 is 1. The molecule has 22 heavy (non-hydrogen) atoms. The number of nitrogens with zero attached hydrogens (tertiary/aromatic N) is 1. The van der Waals surface area contributed by atoms with E-state index in [4.69, 9.17) is 14.2 Å². The minimum Gasteiger partial charge on any atom is -0.475 e. The van der Waals surface area contributed by atoms with Gasteiger partial charge in [0, 0.05) is 19.3 Å². The van der Waals surface area contributed by atoms with Crippen LogP contribution in [0.5, 0.6) is 5.88 Å². The Balaban J connectivity index is 2.67. The van der Waals surface area contributed by atoms with Gasteiger partial charge in [-0.05, 0) is 33.3 Å². The van der Waals surface area contributed by atoms with Crippen LogP contribution in [-0.4, -0.2) is 43.4 Å². The number of hydrogen-bond donors (Lipinski definition) is 1. The minimum atomic E-state index is -0.847. The first-order chi connectivity index (χ1) is 10.5. The number of pyridine rings is 1. The van der Waals surface area contributed by atoms with Crippen LogP contribution in [-0.2, 0) is 14.3 Å². The van der Waals surface area contributed by atoms with Crippen molar-refractivity contribution in [2.75, 3.05) is 32.2 Å². The number of hydrogen-bond acceptors (Lipinski definition) is 5. The van der Waals surface area contributed by atoms with Crippen molar-refractivity contribution in [2.24, 2.45) is 0 Å². The van der Waals surface area contributed by atoms with E-state index in [9.17, 15) is 4.79 Å². The standard InChI is InChI=1S/C16H26N2O4/c1-6-16(4,20-5)15(19)18-13-10-12(3)14(17-11-13)22-9-8-21-7-2/h10-11H,6-9H2,1-5H3,(H,18,19)/t16-/m1/s1. The van der Waals surface area contributed by atoms with Crippen molar-refractivity contribution < 1.29 is 19.0 Å². The zero-order chi connectivity index (χ0) is 16.6. The van der Waals surface area contributed by atoms with E-state index < -0.39 is 5.60 Å². The van der Waals surface area contributed by atoms with E-state index in [1.165, 1.54) is 7.11 Å². The molecule has 1 heterocycles. The van der Waals surface area contributed by atoms with Crippen molar-refractivity contribution in [3.8, 4) is 5.88 Å². The van der Waals surface area contributed by atoms with Gasteiger partial charge in [0.05, 0.1) is 18.5 Å². The average molecular weight is 310 g/mol. The highest BCUT2D eigenvalue weighted by Crippen LogP contribution is 2.21. The first-order valence-corrected chi connectivity index (χ1v) is 7.50. The molecular formula is C16H26N2O4. The van der Waals surface area contributed by atoms with Crippen molar-refractivity contribution in [3.05, 3.63) is 17.8 Å². The van der Waals surface area contributed by atoms with E-state index >= 15 is 0 Å². The van der Waals surface area contributed by atoms with Gasteiger partial charge in [-0.25, -0.2) is 4.98 Å². The fourth-order valence-corrected chi connectivity index (χ4v) is 1.78. The minimum absolute atomic E-state index is 0.191. The fraction of sp³-hybridized carbons (Fsp3) is 0.625. The summed E-state index contributed by atoms with van der Waals surface area (Å²) in [6, 6.07) is 1.83. The van der Waals surface area contributed by atoms with Crippen LogP contribution in [0.3, 0.4) is 0 Å². The number of aryl methyl sites for hydroxylation is 1. The maximum atomic E-state index is 12.2. The third-order valence-electron chi connectivity index (χ3n) is 3.56. The number of anilines is 1. The number of carbonyl (C=O) groups is 1. The van der Waals surface area contributed by atoms with Crippen LogP contribution in [0.25, 0.3) is 0 Å². The van der Waals surface area contributed by atoms with Gasteiger partial charge < -0.3 is 19.5 Å². The Morgan fingerprint density at radius 1 is 1.36 bits per heavy atom. The molecule has 1 amide bonds. The van der Waals surface area contributed by atoms with E-state index in [-0.39, 0.29) is 5.91 Å². The molecule has 6 heteroatoms. The summed E-state index contributed by atoms with van der Waals surface area (Å²) in [5, 5.41) is 2.82. The lowest BCUT2D eigenvalue weighted by Crippen LogP contribution is -2.41. The van der Waals surface area contributed by atoms with Crippen molar-refractivity contribution in [3.63, 3.8) is 0 Å². The molecule has 1 aromatic heterocycles. The smallest absolute Gasteiger partial charge is 0.256 e. The summed E-state index contributed by atoms with van der Waals surface area (Å²) in [5.74, 6) is 0.353. The van der Waals surface area contributed by atoms with Crippen LogP contribution >= 0.6 is 0 Å². The highest BCUT2D eigenvalue weighted by Gasteiger charge is 2.31. The summed E-state index contributed by atoms with van der Waals surface area (Å²) in [7, 11) is 1.53. The Morgan fingerprint density at radius 2 is 2.09 bits per heavy atom. The molecule has 1 rings (SSSR count). The molecular weight excluding hydrogens is 284 g/mol. The van der Waals surface area contributed by atoms with Gasteiger partial charge in [0.1, 0.15) is 12.2 Å². The van der Waals surface area contributed by atoms with Crippen molar-refractivity contribution in [1.29, 1.82) is 0 Å². The third kappa shape index (κ3) is 4.96. The largest absolute Gasteiger partial charge is 0.475 e. The maximum absolute atomic E-state index is 12.2. The van der Waals surface area contributed by atoms with E-state index in [0.717, 1.165) is 5.56 Å². The molecule has 0 fully saturated rings. The lowest BCUT2D eigenvalue weighted by atomic mass is 10.0. The topological polar surface area (TPSA) is 69.7 Å². The molecule has 0 radical (unpaired) electrons. The SMILES string of the molecule is CCOCCOc1ncc(NC(=O)[C@@](C)(CC)OC)cc1C. The number of amides is 1. The summed E-state index contributed by atoms with van der Waals surface area (Å²) < 4.78 is 16.0. The van der Waals surface area contributed by atoms with Crippen molar-refractivity contribution in [1.82, 2.24) is 4.98 Å². The molecule has 0 aliphatic carbocycles. The predicted octanol–water partition coefficient (Wildman–Crippen LogP) is 2.56. The van der Waals surface area contributed by atoms with E-state index in [0.29, 0.717) is 37.8 Å². The summed E-state index contributed by atoms with van der Waals surface area (Å²) in [5.41, 5.74) is 0.627. The van der Waals surface area contributed by atoms with Gasteiger partial charge in [0.15, 0.2) is 0 Å². The molecule has 1 aromatic rings. The molecule has 0 aliphatic rings. The molecule has 0 saturated carbocycles. The third-order valence-corrected chi connectivity index (χ3v) is 3.56. The van der Waals surface area contributed by atoms with Gasteiger partial charge in [0.25, 0.3) is 5.91 Å². The monoisotopic (exact) mass is 310 g/mol. The number of aromatic nitrogens is 1. The number of nitrogens with one attached hydrogen (secondary N) is 1. The maximum Gasteiger partial charge on any atom is 0.256 e. The number of ether oxygens (including phenoxy) is 3. The van der Waals surface area contributed by atoms with E-state index in [1.807, 2.05) is 26.8 Å². The summed E-state index contributed by atoms with van der Waals surface area (Å²) >= 11 is 0. The Bertz CT molecular complexity index is 487. The zero-order valence-electron chi connectivity index (χ0n) is 14.1. The number of carbonyl (C=O) groups excluding carboxylic acids is 1. The quantitative estimate of drug-likeness (QED) is 0.710. The first-order valence-electron chi connectivity index (χ1n) is 7.50. The summed E-state index contributed by atoms with van der Waals surface area (Å²) in [4.78, 5) is 16.5. The van der Waals surface area contributed by atoms with Gasteiger partial charge in [-0.1, -0.05) is 6.92 Å². The van der Waals surface area contributed by atoms with E-state index in [2.05, 4.69) is 10.3 Å². The second-order valence-corrected chi connectivity index (χ2v) is 5.13. The van der Waals surface area contributed by atoms with Gasteiger partial charge in [-0.2, -0.15) is 0 Å². The van der Waals surface area contributed by atoms with Crippen LogP contribution in [0, 0.1) is 6.92 Å². The van der Waals surface area contributed by atoms with Gasteiger partial charge in [0.2, 0.25) is 5.88 Å². The zero-order valence-corrected chi connectivity index (χ0v) is 14.1. The Labute approximate surface area is 132 Å². The number of rotatable bonds is 9. The molecule has 6 nitrogen and oxygen atoms in total. The van der Waals surface area contributed by atoms with Crippen molar-refractivity contribution >= 4 is 11.6 Å². The van der Waals surface area contributed by atoms with E-state index in [1.54, 1.807) is 13.1 Å². The molecule has 0 saturated heterocycles. The molecule has 0 aromatic carbocycles. The molecule has 0 unspecified atom stereocenters. The normalized spacial score (nSPS) is 13.5. The van der Waals surface area contributed by atoms with Gasteiger partial charge in [-0.3, -0.25) is 4.79 Å². The van der Waals surface area contributed by atoms with Crippen LogP contribution in [0.2, 0.25) is 0 Å².